The van der Waals surface area contributed by atoms with Gasteiger partial charge in [-0.25, -0.2) is 4.98 Å². The number of aryl methyl sites for hydroxylation is 1. The standard InChI is InChI=1S/C24H20BrN3O2/c1-2-23-27-21-13-12-19(25)14-20(21)24(29)28(23)26-15-18-10-6-7-11-22(18)30-16-17-8-4-3-5-9-17/h3-15H,2,16H2,1H3. The van der Waals surface area contributed by atoms with Crippen LogP contribution in [0.2, 0.25) is 0 Å². The van der Waals surface area contributed by atoms with Gasteiger partial charge in [0.1, 0.15) is 18.2 Å². The van der Waals surface area contributed by atoms with Crippen molar-refractivity contribution in [1.29, 1.82) is 0 Å². The third kappa shape index (κ3) is 4.33. The van der Waals surface area contributed by atoms with Crippen LogP contribution in [0, 0.1) is 0 Å². The quantitative estimate of drug-likeness (QED) is 0.371. The molecule has 0 fully saturated rings. The molecule has 0 aliphatic carbocycles. The lowest BCUT2D eigenvalue weighted by atomic mass is 10.2. The largest absolute Gasteiger partial charge is 0.488 e. The summed E-state index contributed by atoms with van der Waals surface area (Å²) in [6, 6.07) is 23.1. The maximum absolute atomic E-state index is 13.0. The van der Waals surface area contributed by atoms with Gasteiger partial charge >= 0.3 is 0 Å². The van der Waals surface area contributed by atoms with E-state index in [1.54, 1.807) is 12.3 Å². The highest BCUT2D eigenvalue weighted by Gasteiger charge is 2.10. The minimum absolute atomic E-state index is 0.197. The number of fused-ring (bicyclic) bond motifs is 1. The van der Waals surface area contributed by atoms with E-state index >= 15 is 0 Å². The first-order valence-corrected chi connectivity index (χ1v) is 10.5. The van der Waals surface area contributed by atoms with E-state index in [4.69, 9.17) is 4.74 Å². The Morgan fingerprint density at radius 1 is 1.07 bits per heavy atom. The Morgan fingerprint density at radius 2 is 1.83 bits per heavy atom. The van der Waals surface area contributed by atoms with E-state index in [1.807, 2.05) is 73.7 Å². The summed E-state index contributed by atoms with van der Waals surface area (Å²) in [5.74, 6) is 1.31. The highest BCUT2D eigenvalue weighted by Crippen LogP contribution is 2.19. The Morgan fingerprint density at radius 3 is 2.63 bits per heavy atom. The molecule has 0 saturated heterocycles. The number of rotatable bonds is 6. The zero-order valence-electron chi connectivity index (χ0n) is 16.5. The Bertz CT molecular complexity index is 1270. The van der Waals surface area contributed by atoms with E-state index in [1.165, 1.54) is 4.68 Å². The van der Waals surface area contributed by atoms with E-state index < -0.39 is 0 Å². The number of halogens is 1. The molecule has 0 aliphatic heterocycles. The second kappa shape index (κ2) is 9.05. The Labute approximate surface area is 182 Å². The van der Waals surface area contributed by atoms with Gasteiger partial charge < -0.3 is 4.74 Å². The molecule has 0 atom stereocenters. The predicted octanol–water partition coefficient (Wildman–Crippen LogP) is 5.18. The lowest BCUT2D eigenvalue weighted by Crippen LogP contribution is -2.22. The Kier molecular flexibility index (Phi) is 6.05. The van der Waals surface area contributed by atoms with Gasteiger partial charge in [-0.3, -0.25) is 4.79 Å². The van der Waals surface area contributed by atoms with Gasteiger partial charge in [0.2, 0.25) is 0 Å². The number of ether oxygens (including phenoxy) is 1. The molecule has 0 saturated carbocycles. The molecule has 5 nitrogen and oxygen atoms in total. The Balaban J connectivity index is 1.68. The summed E-state index contributed by atoms with van der Waals surface area (Å²) >= 11 is 3.42. The highest BCUT2D eigenvalue weighted by atomic mass is 79.9. The van der Waals surface area contributed by atoms with Crippen LogP contribution >= 0.6 is 15.9 Å². The number of hydrogen-bond acceptors (Lipinski definition) is 4. The Hall–Kier alpha value is -3.25. The third-order valence-electron chi connectivity index (χ3n) is 4.66. The van der Waals surface area contributed by atoms with Gasteiger partial charge in [-0.1, -0.05) is 65.3 Å². The molecule has 6 heteroatoms. The van der Waals surface area contributed by atoms with E-state index in [2.05, 4.69) is 26.0 Å². The first kappa shape index (κ1) is 20.0. The molecule has 150 valence electrons. The van der Waals surface area contributed by atoms with Crippen molar-refractivity contribution >= 4 is 33.0 Å². The summed E-state index contributed by atoms with van der Waals surface area (Å²) in [6.07, 6.45) is 2.23. The molecule has 1 aromatic heterocycles. The summed E-state index contributed by atoms with van der Waals surface area (Å²) in [6.45, 7) is 2.41. The second-order valence-electron chi connectivity index (χ2n) is 6.72. The average molecular weight is 462 g/mol. The topological polar surface area (TPSA) is 56.5 Å². The number of para-hydroxylation sites is 1. The van der Waals surface area contributed by atoms with Gasteiger partial charge in [0, 0.05) is 16.5 Å². The molecule has 0 aliphatic rings. The first-order valence-electron chi connectivity index (χ1n) is 9.67. The summed E-state index contributed by atoms with van der Waals surface area (Å²) in [5, 5.41) is 4.98. The lowest BCUT2D eigenvalue weighted by molar-refractivity contribution is 0.306. The molecule has 0 spiro atoms. The van der Waals surface area contributed by atoms with Crippen LogP contribution in [0.5, 0.6) is 5.75 Å². The fourth-order valence-electron chi connectivity index (χ4n) is 3.12. The van der Waals surface area contributed by atoms with Crippen LogP contribution in [0.4, 0.5) is 0 Å². The van der Waals surface area contributed by atoms with Crippen LogP contribution in [0.25, 0.3) is 10.9 Å². The molecule has 3 aromatic carbocycles. The van der Waals surface area contributed by atoms with Crippen molar-refractivity contribution in [1.82, 2.24) is 9.66 Å². The molecule has 0 unspecified atom stereocenters. The molecule has 4 rings (SSSR count). The molecule has 30 heavy (non-hydrogen) atoms. The van der Waals surface area contributed by atoms with Gasteiger partial charge in [-0.15, -0.1) is 0 Å². The number of hydrogen-bond donors (Lipinski definition) is 0. The minimum Gasteiger partial charge on any atom is -0.488 e. The molecule has 4 aromatic rings. The molecule has 1 heterocycles. The van der Waals surface area contributed by atoms with Crippen LogP contribution < -0.4 is 10.3 Å². The second-order valence-corrected chi connectivity index (χ2v) is 7.63. The van der Waals surface area contributed by atoms with E-state index in [9.17, 15) is 4.79 Å². The van der Waals surface area contributed by atoms with Gasteiger partial charge in [-0.05, 0) is 35.9 Å². The fraction of sp³-hybridized carbons (Fsp3) is 0.125. The SMILES string of the molecule is CCc1nc2ccc(Br)cc2c(=O)n1N=Cc1ccccc1OCc1ccccc1. The lowest BCUT2D eigenvalue weighted by Gasteiger charge is -2.10. The van der Waals surface area contributed by atoms with E-state index in [0.29, 0.717) is 35.5 Å². The van der Waals surface area contributed by atoms with E-state index in [0.717, 1.165) is 15.6 Å². The maximum Gasteiger partial charge on any atom is 0.282 e. The molecule has 0 radical (unpaired) electrons. The average Bonchev–Trinajstić information content (AvgIpc) is 2.78. The third-order valence-corrected chi connectivity index (χ3v) is 5.15. The van der Waals surface area contributed by atoms with Crippen molar-refractivity contribution in [3.05, 3.63) is 105 Å². The number of aromatic nitrogens is 2. The molecular formula is C24H20BrN3O2. The first-order chi connectivity index (χ1) is 14.7. The van der Waals surface area contributed by atoms with Crippen LogP contribution in [0.15, 0.2) is 87.2 Å². The van der Waals surface area contributed by atoms with Crippen molar-refractivity contribution in [2.75, 3.05) is 0 Å². The summed E-state index contributed by atoms with van der Waals surface area (Å²) < 4.78 is 8.17. The summed E-state index contributed by atoms with van der Waals surface area (Å²) in [7, 11) is 0. The minimum atomic E-state index is -0.197. The van der Waals surface area contributed by atoms with Crippen molar-refractivity contribution in [2.45, 2.75) is 20.0 Å². The van der Waals surface area contributed by atoms with Crippen LogP contribution in [0.1, 0.15) is 23.9 Å². The van der Waals surface area contributed by atoms with Crippen LogP contribution in [-0.4, -0.2) is 15.9 Å². The highest BCUT2D eigenvalue weighted by molar-refractivity contribution is 9.10. The van der Waals surface area contributed by atoms with Crippen molar-refractivity contribution < 1.29 is 4.74 Å². The van der Waals surface area contributed by atoms with Gasteiger partial charge in [0.05, 0.1) is 17.1 Å². The number of benzene rings is 3. The van der Waals surface area contributed by atoms with Gasteiger partial charge in [0.15, 0.2) is 0 Å². The molecule has 0 N–H and O–H groups in total. The normalized spacial score (nSPS) is 11.3. The molecular weight excluding hydrogens is 442 g/mol. The fourth-order valence-corrected chi connectivity index (χ4v) is 3.48. The summed E-state index contributed by atoms with van der Waals surface area (Å²) in [5.41, 5.74) is 2.34. The molecule has 0 bridgehead atoms. The maximum atomic E-state index is 13.0. The van der Waals surface area contributed by atoms with E-state index in [-0.39, 0.29) is 5.56 Å². The van der Waals surface area contributed by atoms with Crippen LogP contribution in [-0.2, 0) is 13.0 Å². The zero-order valence-corrected chi connectivity index (χ0v) is 18.0. The zero-order chi connectivity index (χ0) is 20.9. The van der Waals surface area contributed by atoms with Crippen molar-refractivity contribution in [2.24, 2.45) is 5.10 Å². The smallest absolute Gasteiger partial charge is 0.282 e. The molecule has 0 amide bonds. The van der Waals surface area contributed by atoms with Gasteiger partial charge in [-0.2, -0.15) is 9.78 Å². The van der Waals surface area contributed by atoms with Crippen molar-refractivity contribution in [3.63, 3.8) is 0 Å². The van der Waals surface area contributed by atoms with Gasteiger partial charge in [0.25, 0.3) is 5.56 Å². The van der Waals surface area contributed by atoms with Crippen LogP contribution in [0.3, 0.4) is 0 Å². The van der Waals surface area contributed by atoms with Crippen molar-refractivity contribution in [3.8, 4) is 5.75 Å². The number of nitrogens with zero attached hydrogens (tertiary/aromatic N) is 3. The predicted molar refractivity (Wildman–Crippen MR) is 123 cm³/mol. The summed E-state index contributed by atoms with van der Waals surface area (Å²) in [4.78, 5) is 17.6. The monoisotopic (exact) mass is 461 g/mol.